The van der Waals surface area contributed by atoms with Crippen LogP contribution in [0.4, 0.5) is 0 Å². The zero-order valence-electron chi connectivity index (χ0n) is 12.7. The number of fused-ring (bicyclic) bond motifs is 3. The topological polar surface area (TPSA) is 83.3 Å². The second kappa shape index (κ2) is 5.62. The number of piperidine rings is 3. The Hall–Kier alpha value is -1.47. The van der Waals surface area contributed by atoms with E-state index in [2.05, 4.69) is 20.5 Å². The lowest BCUT2D eigenvalue weighted by Crippen LogP contribution is -2.58. The van der Waals surface area contributed by atoms with Crippen molar-refractivity contribution in [2.45, 2.75) is 50.9 Å². The molecular weight excluding hydrogens is 282 g/mol. The lowest BCUT2D eigenvalue weighted by molar-refractivity contribution is -0.133. The largest absolute Gasteiger partial charge is 0.390 e. The Labute approximate surface area is 129 Å². The monoisotopic (exact) mass is 305 g/mol. The number of aromatic nitrogens is 3. The first-order valence-corrected chi connectivity index (χ1v) is 8.27. The van der Waals surface area contributed by atoms with E-state index in [1.54, 1.807) is 6.20 Å². The molecule has 4 atom stereocenters. The molecule has 4 heterocycles. The van der Waals surface area contributed by atoms with Crippen LogP contribution < -0.4 is 5.32 Å². The van der Waals surface area contributed by atoms with Crippen LogP contribution >= 0.6 is 0 Å². The fraction of sp³-hybridized carbons (Fsp3) is 0.800. The molecule has 5 rings (SSSR count). The molecule has 2 bridgehead atoms. The lowest BCUT2D eigenvalue weighted by Gasteiger charge is -2.49. The smallest absolute Gasteiger partial charge is 0.224 e. The van der Waals surface area contributed by atoms with Gasteiger partial charge in [0.2, 0.25) is 5.91 Å². The number of aliphatic hydroxyl groups is 1. The highest BCUT2D eigenvalue weighted by Gasteiger charge is 2.44. The molecule has 7 heteroatoms. The maximum Gasteiger partial charge on any atom is 0.224 e. The highest BCUT2D eigenvalue weighted by atomic mass is 16.3. The Morgan fingerprint density at radius 3 is 2.91 bits per heavy atom. The molecule has 2 N–H and O–H groups in total. The van der Waals surface area contributed by atoms with Gasteiger partial charge in [0, 0.05) is 18.6 Å². The minimum absolute atomic E-state index is 0.0690. The van der Waals surface area contributed by atoms with E-state index >= 15 is 0 Å². The summed E-state index contributed by atoms with van der Waals surface area (Å²) in [5.74, 6) is 0.919. The summed E-state index contributed by atoms with van der Waals surface area (Å²) in [6, 6.07) is 0.878. The average Bonchev–Trinajstić information content (AvgIpc) is 3.24. The SMILES string of the molecule is O=C(NC1CC1)[C@H]1CN2CC[C@H]1C[C@@H]2Cn1cc(CO)nn1. The van der Waals surface area contributed by atoms with E-state index in [9.17, 15) is 4.79 Å². The third-order valence-electron chi connectivity index (χ3n) is 5.28. The van der Waals surface area contributed by atoms with Gasteiger partial charge in [-0.1, -0.05) is 5.21 Å². The summed E-state index contributed by atoms with van der Waals surface area (Å²) in [5.41, 5.74) is 0.609. The minimum atomic E-state index is -0.0690. The molecule has 4 aliphatic rings. The second-order valence-corrected chi connectivity index (χ2v) is 6.91. The highest BCUT2D eigenvalue weighted by Crippen LogP contribution is 2.37. The molecule has 0 spiro atoms. The molecule has 0 aromatic carbocycles. The van der Waals surface area contributed by atoms with E-state index in [1.165, 1.54) is 0 Å². The predicted octanol–water partition coefficient (Wildman–Crippen LogP) is -0.241. The second-order valence-electron chi connectivity index (χ2n) is 6.91. The molecule has 1 saturated carbocycles. The van der Waals surface area contributed by atoms with Crippen molar-refractivity contribution < 1.29 is 9.90 Å². The highest BCUT2D eigenvalue weighted by molar-refractivity contribution is 5.80. The van der Waals surface area contributed by atoms with Gasteiger partial charge in [-0.05, 0) is 38.1 Å². The summed E-state index contributed by atoms with van der Waals surface area (Å²) in [4.78, 5) is 14.8. The molecule has 4 fully saturated rings. The van der Waals surface area contributed by atoms with Crippen molar-refractivity contribution in [2.24, 2.45) is 11.8 Å². The first-order valence-electron chi connectivity index (χ1n) is 8.27. The van der Waals surface area contributed by atoms with Crippen LogP contribution in [0.3, 0.4) is 0 Å². The zero-order chi connectivity index (χ0) is 15.1. The van der Waals surface area contributed by atoms with Crippen molar-refractivity contribution in [2.75, 3.05) is 13.1 Å². The predicted molar refractivity (Wildman–Crippen MR) is 78.7 cm³/mol. The third-order valence-corrected chi connectivity index (χ3v) is 5.28. The zero-order valence-corrected chi connectivity index (χ0v) is 12.7. The van der Waals surface area contributed by atoms with E-state index in [1.807, 2.05) is 4.68 Å². The number of amides is 1. The van der Waals surface area contributed by atoms with Gasteiger partial charge in [0.15, 0.2) is 0 Å². The Bertz CT molecular complexity index is 556. The van der Waals surface area contributed by atoms with Crippen LogP contribution in [0.1, 0.15) is 31.4 Å². The summed E-state index contributed by atoms with van der Waals surface area (Å²) in [6.07, 6.45) is 6.28. The first-order chi connectivity index (χ1) is 10.7. The number of rotatable bonds is 5. The van der Waals surface area contributed by atoms with Crippen LogP contribution in [0.15, 0.2) is 6.20 Å². The molecule has 3 saturated heterocycles. The average molecular weight is 305 g/mol. The van der Waals surface area contributed by atoms with Crippen LogP contribution in [0, 0.1) is 11.8 Å². The number of aliphatic hydroxyl groups excluding tert-OH is 1. The van der Waals surface area contributed by atoms with Gasteiger partial charge >= 0.3 is 0 Å². The fourth-order valence-corrected chi connectivity index (χ4v) is 3.88. The molecule has 120 valence electrons. The van der Waals surface area contributed by atoms with E-state index in [0.29, 0.717) is 23.7 Å². The van der Waals surface area contributed by atoms with Crippen molar-refractivity contribution in [3.05, 3.63) is 11.9 Å². The molecular formula is C15H23N5O2. The van der Waals surface area contributed by atoms with Crippen LogP contribution in [0.5, 0.6) is 0 Å². The summed E-state index contributed by atoms with van der Waals surface area (Å²) in [6.45, 7) is 2.67. The quantitative estimate of drug-likeness (QED) is 0.784. The van der Waals surface area contributed by atoms with Gasteiger partial charge in [0.25, 0.3) is 0 Å². The van der Waals surface area contributed by atoms with Crippen molar-refractivity contribution in [3.63, 3.8) is 0 Å². The Kier molecular flexibility index (Phi) is 3.62. The molecule has 7 nitrogen and oxygen atoms in total. The molecule has 3 aliphatic heterocycles. The maximum atomic E-state index is 12.4. The lowest BCUT2D eigenvalue weighted by atomic mass is 9.75. The van der Waals surface area contributed by atoms with Gasteiger partial charge in [-0.3, -0.25) is 14.4 Å². The Morgan fingerprint density at radius 1 is 1.41 bits per heavy atom. The summed E-state index contributed by atoms with van der Waals surface area (Å²) >= 11 is 0. The summed E-state index contributed by atoms with van der Waals surface area (Å²) < 4.78 is 1.82. The normalized spacial score (nSPS) is 33.9. The minimum Gasteiger partial charge on any atom is -0.390 e. The van der Waals surface area contributed by atoms with Gasteiger partial charge in [-0.2, -0.15) is 0 Å². The van der Waals surface area contributed by atoms with Crippen LogP contribution in [-0.4, -0.2) is 56.1 Å². The molecule has 1 aromatic heterocycles. The van der Waals surface area contributed by atoms with Crippen molar-refractivity contribution in [1.29, 1.82) is 0 Å². The molecule has 1 amide bonds. The molecule has 22 heavy (non-hydrogen) atoms. The number of nitrogens with zero attached hydrogens (tertiary/aromatic N) is 4. The van der Waals surface area contributed by atoms with Crippen LogP contribution in [0.25, 0.3) is 0 Å². The van der Waals surface area contributed by atoms with Gasteiger partial charge in [-0.25, -0.2) is 0 Å². The number of carbonyl (C=O) groups is 1. The van der Waals surface area contributed by atoms with Gasteiger partial charge in [-0.15, -0.1) is 5.10 Å². The Balaban J connectivity index is 1.38. The number of carbonyl (C=O) groups excluding carboxylic acids is 1. The van der Waals surface area contributed by atoms with E-state index < -0.39 is 0 Å². The first kappa shape index (κ1) is 14.1. The van der Waals surface area contributed by atoms with Crippen molar-refractivity contribution in [3.8, 4) is 0 Å². The summed E-state index contributed by atoms with van der Waals surface area (Å²) in [7, 11) is 0. The molecule has 1 unspecified atom stereocenters. The molecule has 0 radical (unpaired) electrons. The van der Waals surface area contributed by atoms with Crippen LogP contribution in [0.2, 0.25) is 0 Å². The fourth-order valence-electron chi connectivity index (χ4n) is 3.88. The number of nitrogens with one attached hydrogen (secondary N) is 1. The standard InChI is InChI=1S/C15H23N5O2/c21-9-12-6-20(18-17-12)7-13-5-10-3-4-19(13)8-14(10)15(22)16-11-1-2-11/h6,10-11,13-14,21H,1-5,7-9H2,(H,16,22)/t10-,13+,14-/m0/s1. The van der Waals surface area contributed by atoms with E-state index in [-0.39, 0.29) is 18.4 Å². The van der Waals surface area contributed by atoms with Gasteiger partial charge < -0.3 is 10.4 Å². The van der Waals surface area contributed by atoms with Crippen molar-refractivity contribution in [1.82, 2.24) is 25.2 Å². The maximum absolute atomic E-state index is 12.4. The summed E-state index contributed by atoms with van der Waals surface area (Å²) in [5, 5.41) is 20.2. The number of hydrogen-bond acceptors (Lipinski definition) is 5. The van der Waals surface area contributed by atoms with Crippen molar-refractivity contribution >= 4 is 5.91 Å². The van der Waals surface area contributed by atoms with Crippen LogP contribution in [-0.2, 0) is 17.9 Å². The van der Waals surface area contributed by atoms with E-state index in [4.69, 9.17) is 5.11 Å². The molecule has 1 aromatic rings. The number of hydrogen-bond donors (Lipinski definition) is 2. The Morgan fingerprint density at radius 2 is 2.27 bits per heavy atom. The van der Waals surface area contributed by atoms with Gasteiger partial charge in [0.05, 0.1) is 25.3 Å². The third kappa shape index (κ3) is 2.75. The van der Waals surface area contributed by atoms with Gasteiger partial charge in [0.1, 0.15) is 5.69 Å². The van der Waals surface area contributed by atoms with E-state index in [0.717, 1.165) is 45.3 Å². The molecule has 1 aliphatic carbocycles.